The lowest BCUT2D eigenvalue weighted by Gasteiger charge is -2.24. The molecule has 0 aliphatic carbocycles. The zero-order valence-corrected chi connectivity index (χ0v) is 12.3. The first-order valence-electron chi connectivity index (χ1n) is 6.81. The lowest BCUT2D eigenvalue weighted by molar-refractivity contribution is -0.188. The molecular weight excluding hydrogens is 268 g/mol. The fourth-order valence-corrected chi connectivity index (χ4v) is 2.35. The number of rotatable bonds is 4. The molecule has 0 unspecified atom stereocenters. The summed E-state index contributed by atoms with van der Waals surface area (Å²) < 4.78 is 10.3. The van der Waals surface area contributed by atoms with Gasteiger partial charge in [0.25, 0.3) is 6.29 Å². The van der Waals surface area contributed by atoms with E-state index < -0.39 is 18.2 Å². The van der Waals surface area contributed by atoms with Gasteiger partial charge in [0.1, 0.15) is 0 Å². The summed E-state index contributed by atoms with van der Waals surface area (Å²) in [6, 6.07) is 13.8. The maximum atomic E-state index is 11.2. The third kappa shape index (κ3) is 3.60. The van der Waals surface area contributed by atoms with Crippen molar-refractivity contribution < 1.29 is 19.1 Å². The fourth-order valence-electron chi connectivity index (χ4n) is 2.35. The molecule has 0 spiro atoms. The minimum Gasteiger partial charge on any atom is -0.425 e. The van der Waals surface area contributed by atoms with E-state index in [-0.39, 0.29) is 5.92 Å². The van der Waals surface area contributed by atoms with Crippen molar-refractivity contribution in [2.75, 3.05) is 0 Å². The Balaban J connectivity index is 2.40. The Bertz CT molecular complexity index is 641. The van der Waals surface area contributed by atoms with Crippen molar-refractivity contribution in [2.45, 2.75) is 33.0 Å². The van der Waals surface area contributed by atoms with Crippen LogP contribution in [0.1, 0.15) is 32.3 Å². The largest absolute Gasteiger partial charge is 0.425 e. The molecule has 0 aromatic heterocycles. The van der Waals surface area contributed by atoms with Crippen LogP contribution in [0.4, 0.5) is 0 Å². The molecule has 0 amide bonds. The van der Waals surface area contributed by atoms with Gasteiger partial charge in [-0.1, -0.05) is 49.4 Å². The highest BCUT2D eigenvalue weighted by atomic mass is 16.7. The molecule has 4 heteroatoms. The highest BCUT2D eigenvalue weighted by Crippen LogP contribution is 2.29. The van der Waals surface area contributed by atoms with Crippen LogP contribution in [-0.2, 0) is 19.1 Å². The molecule has 0 fully saturated rings. The second-order valence-corrected chi connectivity index (χ2v) is 4.94. The molecule has 0 N–H and O–H groups in total. The molecule has 21 heavy (non-hydrogen) atoms. The van der Waals surface area contributed by atoms with Crippen LogP contribution >= 0.6 is 0 Å². The first-order valence-corrected chi connectivity index (χ1v) is 6.81. The fraction of sp³-hybridized carbons (Fsp3) is 0.294. The average molecular weight is 286 g/mol. The Morgan fingerprint density at radius 3 is 2.10 bits per heavy atom. The molecule has 2 aromatic carbocycles. The van der Waals surface area contributed by atoms with Gasteiger partial charge in [-0.3, -0.25) is 9.59 Å². The first-order chi connectivity index (χ1) is 9.99. The Kier molecular flexibility index (Phi) is 4.58. The van der Waals surface area contributed by atoms with E-state index in [2.05, 4.69) is 0 Å². The summed E-state index contributed by atoms with van der Waals surface area (Å²) in [5, 5.41) is 2.14. The van der Waals surface area contributed by atoms with Crippen molar-refractivity contribution in [1.29, 1.82) is 0 Å². The quantitative estimate of drug-likeness (QED) is 0.638. The molecule has 0 saturated heterocycles. The molecule has 4 nitrogen and oxygen atoms in total. The second-order valence-electron chi connectivity index (χ2n) is 4.94. The van der Waals surface area contributed by atoms with Gasteiger partial charge in [-0.2, -0.15) is 0 Å². The molecule has 1 atom stereocenters. The van der Waals surface area contributed by atoms with Crippen molar-refractivity contribution in [3.8, 4) is 0 Å². The summed E-state index contributed by atoms with van der Waals surface area (Å²) in [4.78, 5) is 22.4. The summed E-state index contributed by atoms with van der Waals surface area (Å²) >= 11 is 0. The standard InChI is InChI=1S/C17H18O4/c1-11(17(20-12(2)18)21-13(3)19)15-10-6-8-14-7-4-5-9-16(14)15/h4-11,17H,1-3H3/t11-/m1/s1. The topological polar surface area (TPSA) is 52.6 Å². The number of benzene rings is 2. The number of fused-ring (bicyclic) bond motifs is 1. The van der Waals surface area contributed by atoms with E-state index in [0.29, 0.717) is 0 Å². The highest BCUT2D eigenvalue weighted by Gasteiger charge is 2.26. The zero-order chi connectivity index (χ0) is 15.4. The van der Waals surface area contributed by atoms with Crippen LogP contribution in [0.2, 0.25) is 0 Å². The molecule has 2 rings (SSSR count). The smallest absolute Gasteiger partial charge is 0.305 e. The van der Waals surface area contributed by atoms with Gasteiger partial charge in [0.05, 0.1) is 5.92 Å². The van der Waals surface area contributed by atoms with E-state index in [0.717, 1.165) is 16.3 Å². The number of carbonyl (C=O) groups excluding carboxylic acids is 2. The summed E-state index contributed by atoms with van der Waals surface area (Å²) in [6.07, 6.45) is -0.925. The maximum absolute atomic E-state index is 11.2. The van der Waals surface area contributed by atoms with Crippen molar-refractivity contribution in [3.05, 3.63) is 48.0 Å². The van der Waals surface area contributed by atoms with Gasteiger partial charge in [0.15, 0.2) is 0 Å². The van der Waals surface area contributed by atoms with E-state index >= 15 is 0 Å². The van der Waals surface area contributed by atoms with Gasteiger partial charge in [-0.05, 0) is 16.3 Å². The summed E-state index contributed by atoms with van der Waals surface area (Å²) in [5.41, 5.74) is 0.973. The number of ether oxygens (including phenoxy) is 2. The maximum Gasteiger partial charge on any atom is 0.305 e. The zero-order valence-electron chi connectivity index (χ0n) is 12.3. The van der Waals surface area contributed by atoms with Crippen molar-refractivity contribution in [3.63, 3.8) is 0 Å². The first kappa shape index (κ1) is 15.0. The molecule has 0 aliphatic heterocycles. The van der Waals surface area contributed by atoms with Crippen LogP contribution in [0.3, 0.4) is 0 Å². The van der Waals surface area contributed by atoms with E-state index in [1.165, 1.54) is 13.8 Å². The van der Waals surface area contributed by atoms with Crippen molar-refractivity contribution >= 4 is 22.7 Å². The monoisotopic (exact) mass is 286 g/mol. The Labute approximate surface area is 123 Å². The third-order valence-corrected chi connectivity index (χ3v) is 3.29. The highest BCUT2D eigenvalue weighted by molar-refractivity contribution is 5.86. The van der Waals surface area contributed by atoms with Gasteiger partial charge in [-0.15, -0.1) is 0 Å². The van der Waals surface area contributed by atoms with Gasteiger partial charge in [0, 0.05) is 13.8 Å². The van der Waals surface area contributed by atoms with Crippen LogP contribution < -0.4 is 0 Å². The van der Waals surface area contributed by atoms with Crippen LogP contribution in [0.5, 0.6) is 0 Å². The lowest BCUT2D eigenvalue weighted by Crippen LogP contribution is -2.28. The number of esters is 2. The minimum absolute atomic E-state index is 0.260. The lowest BCUT2D eigenvalue weighted by atomic mass is 9.94. The SMILES string of the molecule is CC(=O)OC(OC(C)=O)[C@H](C)c1cccc2ccccc12. The molecular formula is C17H18O4. The minimum atomic E-state index is -0.925. The van der Waals surface area contributed by atoms with Crippen LogP contribution in [0, 0.1) is 0 Å². The Morgan fingerprint density at radius 1 is 0.905 bits per heavy atom. The molecule has 0 heterocycles. The molecule has 0 radical (unpaired) electrons. The van der Waals surface area contributed by atoms with Gasteiger partial charge in [0.2, 0.25) is 0 Å². The van der Waals surface area contributed by atoms with Crippen LogP contribution in [0.25, 0.3) is 10.8 Å². The Hall–Kier alpha value is -2.36. The van der Waals surface area contributed by atoms with E-state index in [9.17, 15) is 9.59 Å². The normalized spacial score (nSPS) is 12.2. The molecule has 0 saturated carbocycles. The molecule has 110 valence electrons. The van der Waals surface area contributed by atoms with Gasteiger partial charge < -0.3 is 9.47 Å². The molecule has 0 aliphatic rings. The predicted octanol–water partition coefficient (Wildman–Crippen LogP) is 3.40. The van der Waals surface area contributed by atoms with Crippen molar-refractivity contribution in [1.82, 2.24) is 0 Å². The second kappa shape index (κ2) is 6.39. The third-order valence-electron chi connectivity index (χ3n) is 3.29. The average Bonchev–Trinajstić information content (AvgIpc) is 2.44. The van der Waals surface area contributed by atoms with E-state index in [4.69, 9.17) is 9.47 Å². The van der Waals surface area contributed by atoms with E-state index in [1.54, 1.807) is 0 Å². The number of carbonyl (C=O) groups is 2. The van der Waals surface area contributed by atoms with Crippen LogP contribution in [0.15, 0.2) is 42.5 Å². The summed E-state index contributed by atoms with van der Waals surface area (Å²) in [5.74, 6) is -1.22. The van der Waals surface area contributed by atoms with E-state index in [1.807, 2.05) is 49.4 Å². The van der Waals surface area contributed by atoms with Crippen LogP contribution in [-0.4, -0.2) is 18.2 Å². The number of hydrogen-bond acceptors (Lipinski definition) is 4. The predicted molar refractivity (Wildman–Crippen MR) is 79.7 cm³/mol. The van der Waals surface area contributed by atoms with Gasteiger partial charge in [-0.25, -0.2) is 0 Å². The molecule has 2 aromatic rings. The summed E-state index contributed by atoms with van der Waals surface area (Å²) in [7, 11) is 0. The van der Waals surface area contributed by atoms with Crippen molar-refractivity contribution in [2.24, 2.45) is 0 Å². The summed E-state index contributed by atoms with van der Waals surface area (Å²) in [6.45, 7) is 4.47. The Morgan fingerprint density at radius 2 is 1.48 bits per heavy atom. The number of hydrogen-bond donors (Lipinski definition) is 0. The molecule has 0 bridgehead atoms. The van der Waals surface area contributed by atoms with Gasteiger partial charge >= 0.3 is 11.9 Å².